The fraction of sp³-hybridized carbons (Fsp3) is 0.600. The van der Waals surface area contributed by atoms with Gasteiger partial charge in [-0.1, -0.05) is 28.8 Å². The van der Waals surface area contributed by atoms with Crippen molar-refractivity contribution in [1.82, 2.24) is 0 Å². The molecule has 0 heterocycles. The van der Waals surface area contributed by atoms with Crippen molar-refractivity contribution in [2.45, 2.75) is 38.2 Å². The van der Waals surface area contributed by atoms with Gasteiger partial charge in [0.15, 0.2) is 0 Å². The van der Waals surface area contributed by atoms with E-state index in [4.69, 9.17) is 0 Å². The van der Waals surface area contributed by atoms with Gasteiger partial charge in [0.05, 0.1) is 6.10 Å². The van der Waals surface area contributed by atoms with Gasteiger partial charge < -0.3 is 5.11 Å². The first-order valence-electron chi connectivity index (χ1n) is 6.78. The number of halogens is 2. The smallest absolute Gasteiger partial charge is 0.124 e. The molecule has 2 saturated carbocycles. The Hall–Kier alpha value is -0.410. The van der Waals surface area contributed by atoms with Crippen molar-refractivity contribution in [3.8, 4) is 0 Å². The summed E-state index contributed by atoms with van der Waals surface area (Å²) < 4.78 is 14.0. The zero-order valence-electron chi connectivity index (χ0n) is 10.3. The lowest BCUT2D eigenvalue weighted by atomic mass is 10.0. The van der Waals surface area contributed by atoms with Crippen molar-refractivity contribution in [1.29, 1.82) is 0 Å². The Labute approximate surface area is 116 Å². The summed E-state index contributed by atoms with van der Waals surface area (Å²) >= 11 is 3.29. The molecule has 2 aliphatic rings. The van der Waals surface area contributed by atoms with E-state index in [2.05, 4.69) is 15.9 Å². The molecule has 0 radical (unpaired) electrons. The number of fused-ring (bicyclic) bond motifs is 1. The minimum absolute atomic E-state index is 0.236. The van der Waals surface area contributed by atoms with E-state index in [1.807, 2.05) is 6.07 Å². The molecule has 0 aromatic heterocycles. The van der Waals surface area contributed by atoms with Crippen LogP contribution in [0.4, 0.5) is 4.39 Å². The number of hydrogen-bond acceptors (Lipinski definition) is 1. The molecule has 0 aliphatic heterocycles. The molecule has 0 spiro atoms. The molecule has 2 fully saturated rings. The van der Waals surface area contributed by atoms with E-state index in [-0.39, 0.29) is 11.9 Å². The Balaban J connectivity index is 1.65. The molecule has 1 nitrogen and oxygen atoms in total. The van der Waals surface area contributed by atoms with Crippen LogP contribution < -0.4 is 0 Å². The molecule has 0 saturated heterocycles. The molecule has 1 aromatic carbocycles. The third kappa shape index (κ3) is 2.48. The average molecular weight is 313 g/mol. The highest BCUT2D eigenvalue weighted by atomic mass is 79.9. The average Bonchev–Trinajstić information content (AvgIpc) is 3.01. The van der Waals surface area contributed by atoms with Gasteiger partial charge in [-0.15, -0.1) is 0 Å². The van der Waals surface area contributed by atoms with Crippen LogP contribution in [0.25, 0.3) is 0 Å². The highest BCUT2D eigenvalue weighted by Gasteiger charge is 2.53. The first kappa shape index (κ1) is 12.6. The second-order valence-electron chi connectivity index (χ2n) is 5.74. The molecule has 0 amide bonds. The van der Waals surface area contributed by atoms with Gasteiger partial charge in [0.25, 0.3) is 0 Å². The molecular weight excluding hydrogens is 295 g/mol. The Morgan fingerprint density at radius 3 is 2.50 bits per heavy atom. The lowest BCUT2D eigenvalue weighted by molar-refractivity contribution is 0.140. The number of aliphatic hydroxyl groups is 1. The van der Waals surface area contributed by atoms with Crippen LogP contribution >= 0.6 is 15.9 Å². The van der Waals surface area contributed by atoms with Crippen LogP contribution in [0.5, 0.6) is 0 Å². The molecule has 3 unspecified atom stereocenters. The first-order chi connectivity index (χ1) is 8.65. The predicted molar refractivity (Wildman–Crippen MR) is 72.7 cm³/mol. The van der Waals surface area contributed by atoms with Gasteiger partial charge in [-0.2, -0.15) is 0 Å². The largest absolute Gasteiger partial charge is 0.392 e. The quantitative estimate of drug-likeness (QED) is 0.896. The first-order valence-corrected chi connectivity index (χ1v) is 7.57. The van der Waals surface area contributed by atoms with Crippen LogP contribution in [0.2, 0.25) is 0 Å². The standard InChI is InChI=1S/C15H18BrFO/c16-10-5-9(6-11(17)8-10)7-14(18)15-12-3-1-2-4-13(12)15/h5-6,8,12-15,18H,1-4,7H2. The van der Waals surface area contributed by atoms with Crippen molar-refractivity contribution < 1.29 is 9.50 Å². The van der Waals surface area contributed by atoms with Crippen LogP contribution in [0.15, 0.2) is 22.7 Å². The molecule has 3 rings (SSSR count). The van der Waals surface area contributed by atoms with Gasteiger partial charge >= 0.3 is 0 Å². The third-order valence-corrected chi connectivity index (χ3v) is 4.99. The lowest BCUT2D eigenvalue weighted by Gasteiger charge is -2.11. The summed E-state index contributed by atoms with van der Waals surface area (Å²) in [6.45, 7) is 0. The van der Waals surface area contributed by atoms with Crippen LogP contribution in [0, 0.1) is 23.6 Å². The van der Waals surface area contributed by atoms with E-state index in [1.165, 1.54) is 37.8 Å². The van der Waals surface area contributed by atoms with E-state index in [0.717, 1.165) is 21.9 Å². The summed E-state index contributed by atoms with van der Waals surface area (Å²) in [7, 11) is 0. The van der Waals surface area contributed by atoms with E-state index < -0.39 is 0 Å². The fourth-order valence-corrected chi connectivity index (χ4v) is 4.24. The minimum Gasteiger partial charge on any atom is -0.392 e. The second-order valence-corrected chi connectivity index (χ2v) is 6.65. The van der Waals surface area contributed by atoms with Crippen LogP contribution in [0.3, 0.4) is 0 Å². The number of hydrogen-bond donors (Lipinski definition) is 1. The molecular formula is C15H18BrFO. The molecule has 2 aliphatic carbocycles. The van der Waals surface area contributed by atoms with Gasteiger partial charge in [0.2, 0.25) is 0 Å². The molecule has 98 valence electrons. The van der Waals surface area contributed by atoms with Gasteiger partial charge in [-0.25, -0.2) is 4.39 Å². The summed E-state index contributed by atoms with van der Waals surface area (Å²) in [6, 6.07) is 4.88. The summed E-state index contributed by atoms with van der Waals surface area (Å²) in [5, 5.41) is 10.3. The van der Waals surface area contributed by atoms with Gasteiger partial charge in [0, 0.05) is 4.47 Å². The van der Waals surface area contributed by atoms with Crippen molar-refractivity contribution in [3.63, 3.8) is 0 Å². The highest BCUT2D eigenvalue weighted by Crippen LogP contribution is 2.57. The maximum atomic E-state index is 13.3. The summed E-state index contributed by atoms with van der Waals surface area (Å²) in [5.41, 5.74) is 0.887. The van der Waals surface area contributed by atoms with Crippen LogP contribution in [-0.4, -0.2) is 11.2 Å². The van der Waals surface area contributed by atoms with Gasteiger partial charge in [-0.3, -0.25) is 0 Å². The van der Waals surface area contributed by atoms with E-state index in [9.17, 15) is 9.50 Å². The second kappa shape index (κ2) is 4.93. The highest BCUT2D eigenvalue weighted by molar-refractivity contribution is 9.10. The Kier molecular flexibility index (Phi) is 3.46. The zero-order valence-corrected chi connectivity index (χ0v) is 11.9. The summed E-state index contributed by atoms with van der Waals surface area (Å²) in [4.78, 5) is 0. The maximum absolute atomic E-state index is 13.3. The number of aliphatic hydroxyl groups excluding tert-OH is 1. The minimum atomic E-state index is -0.299. The fourth-order valence-electron chi connectivity index (χ4n) is 3.72. The lowest BCUT2D eigenvalue weighted by Crippen LogP contribution is -2.15. The van der Waals surface area contributed by atoms with Crippen molar-refractivity contribution in [3.05, 3.63) is 34.1 Å². The molecule has 3 atom stereocenters. The van der Waals surface area contributed by atoms with Crippen LogP contribution in [0.1, 0.15) is 31.2 Å². The van der Waals surface area contributed by atoms with Crippen molar-refractivity contribution >= 4 is 15.9 Å². The van der Waals surface area contributed by atoms with E-state index in [0.29, 0.717) is 12.3 Å². The van der Waals surface area contributed by atoms with Crippen LogP contribution in [-0.2, 0) is 6.42 Å². The monoisotopic (exact) mass is 312 g/mol. The Bertz CT molecular complexity index is 416. The van der Waals surface area contributed by atoms with Crippen molar-refractivity contribution in [2.24, 2.45) is 17.8 Å². The van der Waals surface area contributed by atoms with E-state index in [1.54, 1.807) is 0 Å². The summed E-state index contributed by atoms with van der Waals surface area (Å²) in [5.74, 6) is 1.71. The Morgan fingerprint density at radius 2 is 1.89 bits per heavy atom. The number of rotatable bonds is 3. The van der Waals surface area contributed by atoms with Crippen molar-refractivity contribution in [2.75, 3.05) is 0 Å². The molecule has 18 heavy (non-hydrogen) atoms. The SMILES string of the molecule is OC(Cc1cc(F)cc(Br)c1)C1C2CCCCC21. The maximum Gasteiger partial charge on any atom is 0.124 e. The molecule has 1 aromatic rings. The number of benzene rings is 1. The third-order valence-electron chi connectivity index (χ3n) is 4.53. The molecule has 1 N–H and O–H groups in total. The zero-order chi connectivity index (χ0) is 12.7. The predicted octanol–water partition coefficient (Wildman–Crippen LogP) is 3.93. The molecule has 3 heteroatoms. The topological polar surface area (TPSA) is 20.2 Å². The van der Waals surface area contributed by atoms with Gasteiger partial charge in [-0.05, 0) is 60.8 Å². The Morgan fingerprint density at radius 1 is 1.22 bits per heavy atom. The molecule has 0 bridgehead atoms. The van der Waals surface area contributed by atoms with E-state index >= 15 is 0 Å². The summed E-state index contributed by atoms with van der Waals surface area (Å²) in [6.07, 6.45) is 5.46. The van der Waals surface area contributed by atoms with Gasteiger partial charge in [0.1, 0.15) is 5.82 Å². The normalized spacial score (nSPS) is 31.8.